The van der Waals surface area contributed by atoms with E-state index in [4.69, 9.17) is 9.84 Å². The minimum Gasteiger partial charge on any atom is -0.383 e. The molecule has 0 spiro atoms. The normalized spacial score (nSPS) is 14.6. The van der Waals surface area contributed by atoms with Crippen LogP contribution in [-0.2, 0) is 11.3 Å². The zero-order valence-corrected chi connectivity index (χ0v) is 13.8. The molecule has 1 aromatic carbocycles. The Hall–Kier alpha value is -1.17. The first-order valence-corrected chi connectivity index (χ1v) is 8.11. The molecule has 0 aliphatic heterocycles. The fourth-order valence-corrected chi connectivity index (χ4v) is 2.79. The minimum absolute atomic E-state index is 0.685. The van der Waals surface area contributed by atoms with Gasteiger partial charge in [0, 0.05) is 36.8 Å². The van der Waals surface area contributed by atoms with E-state index in [1.807, 2.05) is 4.68 Å². The molecule has 112 valence electrons. The van der Waals surface area contributed by atoms with Crippen molar-refractivity contribution in [3.8, 4) is 5.69 Å². The number of methoxy groups -OCH3 is 1. The number of aromatic nitrogens is 2. The molecule has 4 nitrogen and oxygen atoms in total. The van der Waals surface area contributed by atoms with E-state index in [-0.39, 0.29) is 0 Å². The van der Waals surface area contributed by atoms with Gasteiger partial charge in [-0.05, 0) is 42.7 Å². The Morgan fingerprint density at radius 3 is 3.00 bits per heavy atom. The highest BCUT2D eigenvalue weighted by molar-refractivity contribution is 9.10. The van der Waals surface area contributed by atoms with Gasteiger partial charge in [0.15, 0.2) is 0 Å². The van der Waals surface area contributed by atoms with Crippen LogP contribution in [0.5, 0.6) is 0 Å². The Morgan fingerprint density at radius 1 is 1.38 bits per heavy atom. The van der Waals surface area contributed by atoms with Gasteiger partial charge in [-0.2, -0.15) is 5.10 Å². The third-order valence-corrected chi connectivity index (χ3v) is 4.19. The second kappa shape index (κ2) is 6.73. The van der Waals surface area contributed by atoms with E-state index in [9.17, 15) is 0 Å². The predicted molar refractivity (Wildman–Crippen MR) is 86.8 cm³/mol. The SMILES string of the molecule is COCCNCc1cc(Br)ccc1-n1ccc(C2CC2)n1. The molecule has 0 bridgehead atoms. The first-order valence-electron chi connectivity index (χ1n) is 7.32. The Kier molecular flexibility index (Phi) is 4.73. The smallest absolute Gasteiger partial charge is 0.0691 e. The molecule has 21 heavy (non-hydrogen) atoms. The molecule has 0 unspecified atom stereocenters. The third-order valence-electron chi connectivity index (χ3n) is 3.69. The van der Waals surface area contributed by atoms with Crippen LogP contribution in [0.2, 0.25) is 0 Å². The van der Waals surface area contributed by atoms with Gasteiger partial charge in [0.2, 0.25) is 0 Å². The largest absolute Gasteiger partial charge is 0.383 e. The molecule has 1 N–H and O–H groups in total. The van der Waals surface area contributed by atoms with E-state index in [1.54, 1.807) is 7.11 Å². The number of nitrogens with zero attached hydrogens (tertiary/aromatic N) is 2. The highest BCUT2D eigenvalue weighted by atomic mass is 79.9. The van der Waals surface area contributed by atoms with Gasteiger partial charge in [-0.25, -0.2) is 4.68 Å². The monoisotopic (exact) mass is 349 g/mol. The van der Waals surface area contributed by atoms with E-state index in [0.717, 1.165) is 29.9 Å². The van der Waals surface area contributed by atoms with E-state index in [0.29, 0.717) is 5.92 Å². The number of hydrogen-bond acceptors (Lipinski definition) is 3. The molecule has 0 radical (unpaired) electrons. The average Bonchev–Trinajstić information content (AvgIpc) is 3.22. The van der Waals surface area contributed by atoms with Crippen LogP contribution in [0.4, 0.5) is 0 Å². The lowest BCUT2D eigenvalue weighted by Gasteiger charge is -2.11. The molecule has 5 heteroatoms. The standard InChI is InChI=1S/C16H20BrN3O/c1-21-9-7-18-11-13-10-14(17)4-5-16(13)20-8-6-15(19-20)12-2-3-12/h4-6,8,10,12,18H,2-3,7,9,11H2,1H3. The molecule has 0 atom stereocenters. The van der Waals surface area contributed by atoms with Gasteiger partial charge in [0.1, 0.15) is 0 Å². The van der Waals surface area contributed by atoms with Crippen LogP contribution in [-0.4, -0.2) is 30.0 Å². The van der Waals surface area contributed by atoms with Crippen molar-refractivity contribution in [2.24, 2.45) is 0 Å². The van der Waals surface area contributed by atoms with Crippen LogP contribution in [0, 0.1) is 0 Å². The quantitative estimate of drug-likeness (QED) is 0.780. The second-order valence-corrected chi connectivity index (χ2v) is 6.32. The number of ether oxygens (including phenoxy) is 1. The van der Waals surface area contributed by atoms with Crippen LogP contribution in [0.25, 0.3) is 5.69 Å². The molecule has 0 amide bonds. The summed E-state index contributed by atoms with van der Waals surface area (Å²) in [6, 6.07) is 8.46. The van der Waals surface area contributed by atoms with E-state index >= 15 is 0 Å². The van der Waals surface area contributed by atoms with Gasteiger partial charge >= 0.3 is 0 Å². The highest BCUT2D eigenvalue weighted by Crippen LogP contribution is 2.39. The lowest BCUT2D eigenvalue weighted by Crippen LogP contribution is -2.19. The number of benzene rings is 1. The maximum absolute atomic E-state index is 5.07. The molecule has 1 aliphatic rings. The summed E-state index contributed by atoms with van der Waals surface area (Å²) >= 11 is 3.55. The zero-order valence-electron chi connectivity index (χ0n) is 12.2. The van der Waals surface area contributed by atoms with Crippen LogP contribution < -0.4 is 5.32 Å². The van der Waals surface area contributed by atoms with Gasteiger partial charge < -0.3 is 10.1 Å². The fraction of sp³-hybridized carbons (Fsp3) is 0.438. The Labute approximate surface area is 133 Å². The number of halogens is 1. The minimum atomic E-state index is 0.685. The lowest BCUT2D eigenvalue weighted by atomic mass is 10.2. The van der Waals surface area contributed by atoms with Gasteiger partial charge in [-0.1, -0.05) is 15.9 Å². The molecular formula is C16H20BrN3O. The average molecular weight is 350 g/mol. The summed E-state index contributed by atoms with van der Waals surface area (Å²) in [6.07, 6.45) is 4.63. The summed E-state index contributed by atoms with van der Waals surface area (Å²) in [5.74, 6) is 0.685. The number of nitrogens with one attached hydrogen (secondary N) is 1. The Morgan fingerprint density at radius 2 is 2.24 bits per heavy atom. The molecule has 1 aliphatic carbocycles. The van der Waals surface area contributed by atoms with Crippen molar-refractivity contribution in [3.63, 3.8) is 0 Å². The first-order chi connectivity index (χ1) is 10.3. The lowest BCUT2D eigenvalue weighted by molar-refractivity contribution is 0.199. The van der Waals surface area contributed by atoms with Crippen LogP contribution in [0.15, 0.2) is 34.9 Å². The molecule has 0 saturated heterocycles. The van der Waals surface area contributed by atoms with Crippen LogP contribution in [0.1, 0.15) is 30.0 Å². The zero-order chi connectivity index (χ0) is 14.7. The summed E-state index contributed by atoms with van der Waals surface area (Å²) in [5.41, 5.74) is 3.58. The molecule has 1 saturated carbocycles. The van der Waals surface area contributed by atoms with Gasteiger partial charge in [-0.15, -0.1) is 0 Å². The van der Waals surface area contributed by atoms with Crippen molar-refractivity contribution < 1.29 is 4.74 Å². The summed E-state index contributed by atoms with van der Waals surface area (Å²) in [4.78, 5) is 0. The Balaban J connectivity index is 1.78. The van der Waals surface area contributed by atoms with E-state index in [1.165, 1.54) is 24.1 Å². The van der Waals surface area contributed by atoms with Gasteiger partial charge in [0.05, 0.1) is 18.0 Å². The van der Waals surface area contributed by atoms with Crippen molar-refractivity contribution >= 4 is 15.9 Å². The maximum atomic E-state index is 5.07. The molecule has 1 fully saturated rings. The molecule has 1 heterocycles. The third kappa shape index (κ3) is 3.73. The van der Waals surface area contributed by atoms with Crippen molar-refractivity contribution in [2.75, 3.05) is 20.3 Å². The number of rotatable bonds is 7. The van der Waals surface area contributed by atoms with Crippen molar-refractivity contribution in [1.82, 2.24) is 15.1 Å². The number of hydrogen-bond donors (Lipinski definition) is 1. The van der Waals surface area contributed by atoms with Gasteiger partial charge in [-0.3, -0.25) is 0 Å². The summed E-state index contributed by atoms with van der Waals surface area (Å²) in [5, 5.41) is 8.12. The van der Waals surface area contributed by atoms with Crippen molar-refractivity contribution in [1.29, 1.82) is 0 Å². The van der Waals surface area contributed by atoms with Crippen molar-refractivity contribution in [2.45, 2.75) is 25.3 Å². The van der Waals surface area contributed by atoms with Crippen LogP contribution >= 0.6 is 15.9 Å². The van der Waals surface area contributed by atoms with Crippen LogP contribution in [0.3, 0.4) is 0 Å². The highest BCUT2D eigenvalue weighted by Gasteiger charge is 2.26. The van der Waals surface area contributed by atoms with Crippen molar-refractivity contribution in [3.05, 3.63) is 46.2 Å². The summed E-state index contributed by atoms with van der Waals surface area (Å²) in [6.45, 7) is 2.36. The molecule has 3 rings (SSSR count). The second-order valence-electron chi connectivity index (χ2n) is 5.40. The molecular weight excluding hydrogens is 330 g/mol. The van der Waals surface area contributed by atoms with E-state index in [2.05, 4.69) is 51.7 Å². The van der Waals surface area contributed by atoms with E-state index < -0.39 is 0 Å². The topological polar surface area (TPSA) is 39.1 Å². The molecule has 1 aromatic heterocycles. The molecule has 2 aromatic rings. The predicted octanol–water partition coefficient (Wildman–Crippen LogP) is 3.25. The maximum Gasteiger partial charge on any atom is 0.0691 e. The summed E-state index contributed by atoms with van der Waals surface area (Å²) in [7, 11) is 1.72. The Bertz CT molecular complexity index is 607. The first kappa shape index (κ1) is 14.8. The van der Waals surface area contributed by atoms with Gasteiger partial charge in [0.25, 0.3) is 0 Å². The fourth-order valence-electron chi connectivity index (χ4n) is 2.39. The summed E-state index contributed by atoms with van der Waals surface area (Å²) < 4.78 is 8.15.